The molecule has 0 bridgehead atoms. The Morgan fingerprint density at radius 3 is 2.48 bits per heavy atom. The summed E-state index contributed by atoms with van der Waals surface area (Å²) in [4.78, 5) is 37.6. The first-order valence-electron chi connectivity index (χ1n) is 8.67. The van der Waals surface area contributed by atoms with Gasteiger partial charge >= 0.3 is 6.18 Å². The van der Waals surface area contributed by atoms with Crippen molar-refractivity contribution in [2.24, 2.45) is 5.92 Å². The minimum atomic E-state index is -4.50. The second-order valence-electron chi connectivity index (χ2n) is 6.45. The molecule has 1 aromatic carbocycles. The topological polar surface area (TPSA) is 78.5 Å². The number of piperidine rings is 1. The van der Waals surface area contributed by atoms with E-state index in [4.69, 9.17) is 0 Å². The highest BCUT2D eigenvalue weighted by molar-refractivity contribution is 5.86. The van der Waals surface area contributed by atoms with Crippen LogP contribution in [0.2, 0.25) is 0 Å². The van der Waals surface area contributed by atoms with Crippen molar-refractivity contribution in [3.63, 3.8) is 0 Å². The summed E-state index contributed by atoms with van der Waals surface area (Å²) in [6, 6.07) is 9.26. The maximum absolute atomic E-state index is 12.4. The van der Waals surface area contributed by atoms with Gasteiger partial charge in [0.05, 0.1) is 18.9 Å². The summed E-state index contributed by atoms with van der Waals surface area (Å²) in [6.45, 7) is -1.17. The summed E-state index contributed by atoms with van der Waals surface area (Å²) < 4.78 is 36.1. The second kappa shape index (κ2) is 9.38. The van der Waals surface area contributed by atoms with Crippen molar-refractivity contribution in [3.8, 4) is 0 Å². The second-order valence-corrected chi connectivity index (χ2v) is 6.45. The van der Waals surface area contributed by atoms with Crippen LogP contribution in [0.5, 0.6) is 0 Å². The third-order valence-electron chi connectivity index (χ3n) is 4.25. The number of nitrogens with one attached hydrogen (secondary N) is 2. The lowest BCUT2D eigenvalue weighted by molar-refractivity contribution is -0.139. The number of amides is 3. The van der Waals surface area contributed by atoms with Gasteiger partial charge in [0.2, 0.25) is 17.7 Å². The van der Waals surface area contributed by atoms with Gasteiger partial charge in [0.25, 0.3) is 0 Å². The SMILES string of the molecule is O=C(CNC(=O)C1CCCN(C(=O)Cc2ccccc2)C1)NCC(F)(F)F. The third kappa shape index (κ3) is 7.28. The minimum Gasteiger partial charge on any atom is -0.347 e. The average Bonchev–Trinajstić information content (AvgIpc) is 2.64. The fourth-order valence-electron chi connectivity index (χ4n) is 2.87. The number of halogens is 3. The van der Waals surface area contributed by atoms with Gasteiger partial charge in [0, 0.05) is 13.1 Å². The van der Waals surface area contributed by atoms with Crippen molar-refractivity contribution in [2.75, 3.05) is 26.2 Å². The lowest BCUT2D eigenvalue weighted by Crippen LogP contribution is -2.48. The van der Waals surface area contributed by atoms with Gasteiger partial charge in [-0.25, -0.2) is 0 Å². The minimum absolute atomic E-state index is 0.0818. The van der Waals surface area contributed by atoms with Crippen LogP contribution in [0.1, 0.15) is 18.4 Å². The Labute approximate surface area is 155 Å². The molecule has 0 radical (unpaired) electrons. The Morgan fingerprint density at radius 1 is 1.11 bits per heavy atom. The van der Waals surface area contributed by atoms with Crippen LogP contribution in [0.3, 0.4) is 0 Å². The summed E-state index contributed by atoms with van der Waals surface area (Å²) in [5.74, 6) is -1.90. The van der Waals surface area contributed by atoms with E-state index in [1.165, 1.54) is 0 Å². The zero-order chi connectivity index (χ0) is 19.9. The van der Waals surface area contributed by atoms with Crippen LogP contribution in [0.25, 0.3) is 0 Å². The van der Waals surface area contributed by atoms with Crippen LogP contribution in [0.4, 0.5) is 13.2 Å². The molecule has 0 aromatic heterocycles. The van der Waals surface area contributed by atoms with E-state index in [2.05, 4.69) is 5.32 Å². The van der Waals surface area contributed by atoms with Crippen LogP contribution in [-0.2, 0) is 20.8 Å². The van der Waals surface area contributed by atoms with Gasteiger partial charge in [-0.3, -0.25) is 14.4 Å². The molecule has 0 aliphatic carbocycles. The zero-order valence-electron chi connectivity index (χ0n) is 14.7. The quantitative estimate of drug-likeness (QED) is 0.774. The molecule has 1 aliphatic heterocycles. The fourth-order valence-corrected chi connectivity index (χ4v) is 2.87. The van der Waals surface area contributed by atoms with Crippen LogP contribution in [0, 0.1) is 5.92 Å². The van der Waals surface area contributed by atoms with Crippen LogP contribution >= 0.6 is 0 Å². The summed E-state index contributed by atoms with van der Waals surface area (Å²) in [5, 5.41) is 4.03. The van der Waals surface area contributed by atoms with Crippen LogP contribution in [0.15, 0.2) is 30.3 Å². The van der Waals surface area contributed by atoms with Crippen LogP contribution in [-0.4, -0.2) is 55.0 Å². The van der Waals surface area contributed by atoms with E-state index in [1.54, 1.807) is 10.2 Å². The molecule has 2 N–H and O–H groups in total. The largest absolute Gasteiger partial charge is 0.405 e. The van der Waals surface area contributed by atoms with Crippen molar-refractivity contribution in [1.82, 2.24) is 15.5 Å². The predicted octanol–water partition coefficient (Wildman–Crippen LogP) is 1.26. The lowest BCUT2D eigenvalue weighted by atomic mass is 9.96. The summed E-state index contributed by atoms with van der Waals surface area (Å²) in [6.07, 6.45) is -3.04. The highest BCUT2D eigenvalue weighted by Gasteiger charge is 2.30. The van der Waals surface area contributed by atoms with E-state index in [0.717, 1.165) is 5.56 Å². The highest BCUT2D eigenvalue weighted by Crippen LogP contribution is 2.18. The predicted molar refractivity (Wildman–Crippen MR) is 91.5 cm³/mol. The lowest BCUT2D eigenvalue weighted by Gasteiger charge is -2.32. The van der Waals surface area contributed by atoms with Crippen molar-refractivity contribution in [1.29, 1.82) is 0 Å². The molecule has 2 rings (SSSR count). The van der Waals surface area contributed by atoms with Gasteiger partial charge in [-0.2, -0.15) is 13.2 Å². The zero-order valence-corrected chi connectivity index (χ0v) is 14.7. The molecule has 0 spiro atoms. The van der Waals surface area contributed by atoms with E-state index < -0.39 is 37.0 Å². The monoisotopic (exact) mass is 385 g/mol. The number of carbonyl (C=O) groups is 3. The standard InChI is InChI=1S/C18H22F3N3O3/c19-18(20,21)12-23-15(25)10-22-17(27)14-7-4-8-24(11-14)16(26)9-13-5-2-1-3-6-13/h1-3,5-6,14H,4,7-12H2,(H,22,27)(H,23,25). The molecule has 1 aromatic rings. The molecule has 1 atom stereocenters. The fraction of sp³-hybridized carbons (Fsp3) is 0.500. The van der Waals surface area contributed by atoms with E-state index in [0.29, 0.717) is 19.4 Å². The molecule has 27 heavy (non-hydrogen) atoms. The first kappa shape index (κ1) is 20.7. The molecular formula is C18H22F3N3O3. The number of hydrogen-bond acceptors (Lipinski definition) is 3. The van der Waals surface area contributed by atoms with Crippen molar-refractivity contribution in [2.45, 2.75) is 25.4 Å². The van der Waals surface area contributed by atoms with E-state index >= 15 is 0 Å². The van der Waals surface area contributed by atoms with Gasteiger partial charge in [-0.1, -0.05) is 30.3 Å². The van der Waals surface area contributed by atoms with E-state index in [1.807, 2.05) is 30.3 Å². The summed E-state index contributed by atoms with van der Waals surface area (Å²) >= 11 is 0. The molecule has 1 fully saturated rings. The molecular weight excluding hydrogens is 363 g/mol. The van der Waals surface area contributed by atoms with Crippen molar-refractivity contribution in [3.05, 3.63) is 35.9 Å². The summed E-state index contributed by atoms with van der Waals surface area (Å²) in [5.41, 5.74) is 0.885. The number of likely N-dealkylation sites (tertiary alicyclic amines) is 1. The van der Waals surface area contributed by atoms with E-state index in [9.17, 15) is 27.6 Å². The maximum Gasteiger partial charge on any atom is 0.405 e. The first-order chi connectivity index (χ1) is 12.7. The molecule has 9 heteroatoms. The average molecular weight is 385 g/mol. The smallest absolute Gasteiger partial charge is 0.347 e. The Kier molecular flexibility index (Phi) is 7.20. The molecule has 6 nitrogen and oxygen atoms in total. The molecule has 1 aliphatic rings. The third-order valence-corrected chi connectivity index (χ3v) is 4.25. The number of benzene rings is 1. The number of nitrogens with zero attached hydrogens (tertiary/aromatic N) is 1. The summed E-state index contributed by atoms with van der Waals surface area (Å²) in [7, 11) is 0. The van der Waals surface area contributed by atoms with Crippen LogP contribution < -0.4 is 10.6 Å². The normalized spacial score (nSPS) is 17.3. The molecule has 148 valence electrons. The van der Waals surface area contributed by atoms with E-state index in [-0.39, 0.29) is 18.9 Å². The molecule has 3 amide bonds. The molecule has 1 unspecified atom stereocenters. The maximum atomic E-state index is 12.4. The first-order valence-corrected chi connectivity index (χ1v) is 8.67. The van der Waals surface area contributed by atoms with Gasteiger partial charge in [-0.15, -0.1) is 0 Å². The van der Waals surface area contributed by atoms with Gasteiger partial charge in [0.15, 0.2) is 0 Å². The Balaban J connectivity index is 1.78. The molecule has 1 saturated heterocycles. The van der Waals surface area contributed by atoms with Crippen molar-refractivity contribution >= 4 is 17.7 Å². The van der Waals surface area contributed by atoms with Gasteiger partial charge in [0.1, 0.15) is 6.54 Å². The Morgan fingerprint density at radius 2 is 1.81 bits per heavy atom. The number of rotatable bonds is 6. The Hall–Kier alpha value is -2.58. The molecule has 1 heterocycles. The van der Waals surface area contributed by atoms with Crippen molar-refractivity contribution < 1.29 is 27.6 Å². The van der Waals surface area contributed by atoms with Gasteiger partial charge < -0.3 is 15.5 Å². The Bertz CT molecular complexity index is 665. The highest BCUT2D eigenvalue weighted by atomic mass is 19.4. The number of carbonyl (C=O) groups excluding carboxylic acids is 3. The number of hydrogen-bond donors (Lipinski definition) is 2. The number of alkyl halides is 3. The molecule has 0 saturated carbocycles. The van der Waals surface area contributed by atoms with Gasteiger partial charge in [-0.05, 0) is 18.4 Å².